The van der Waals surface area contributed by atoms with E-state index in [2.05, 4.69) is 5.32 Å². The first-order chi connectivity index (χ1) is 11.8. The highest BCUT2D eigenvalue weighted by atomic mass is 32.2. The third-order valence-electron chi connectivity index (χ3n) is 3.74. The molecule has 134 valence electrons. The number of carbonyl (C=O) groups is 1. The van der Waals surface area contributed by atoms with Gasteiger partial charge < -0.3 is 5.32 Å². The number of carbonyl (C=O) groups excluding carboxylic acids is 1. The van der Waals surface area contributed by atoms with Crippen LogP contribution in [-0.2, 0) is 14.8 Å². The van der Waals surface area contributed by atoms with Crippen LogP contribution in [0.3, 0.4) is 0 Å². The van der Waals surface area contributed by atoms with Crippen molar-refractivity contribution in [2.45, 2.75) is 19.4 Å². The van der Waals surface area contributed by atoms with Crippen LogP contribution < -0.4 is 9.62 Å². The van der Waals surface area contributed by atoms with Crippen LogP contribution in [0.1, 0.15) is 24.9 Å². The van der Waals surface area contributed by atoms with Crippen molar-refractivity contribution in [3.63, 3.8) is 0 Å². The van der Waals surface area contributed by atoms with E-state index in [0.29, 0.717) is 0 Å². The molecule has 0 fully saturated rings. The second-order valence-electron chi connectivity index (χ2n) is 5.74. The highest BCUT2D eigenvalue weighted by Crippen LogP contribution is 2.21. The second kappa shape index (κ2) is 8.11. The number of nitrogens with zero attached hydrogens (tertiary/aromatic N) is 1. The molecule has 2 aromatic rings. The van der Waals surface area contributed by atoms with Gasteiger partial charge in [0.05, 0.1) is 18.0 Å². The van der Waals surface area contributed by atoms with Gasteiger partial charge in [-0.25, -0.2) is 12.8 Å². The molecular weight excluding hydrogens is 343 g/mol. The molecule has 0 saturated carbocycles. The van der Waals surface area contributed by atoms with E-state index in [-0.39, 0.29) is 30.6 Å². The van der Waals surface area contributed by atoms with Gasteiger partial charge in [0, 0.05) is 13.0 Å². The molecule has 7 heteroatoms. The number of sulfonamides is 1. The van der Waals surface area contributed by atoms with Gasteiger partial charge in [-0.3, -0.25) is 9.10 Å². The lowest BCUT2D eigenvalue weighted by molar-refractivity contribution is -0.121. The molecule has 5 nitrogen and oxygen atoms in total. The summed E-state index contributed by atoms with van der Waals surface area (Å²) in [6.45, 7) is 1.71. The van der Waals surface area contributed by atoms with E-state index < -0.39 is 15.8 Å². The minimum Gasteiger partial charge on any atom is -0.350 e. The molecule has 0 radical (unpaired) electrons. The molecule has 0 bridgehead atoms. The average molecular weight is 364 g/mol. The topological polar surface area (TPSA) is 66.5 Å². The first-order valence-corrected chi connectivity index (χ1v) is 9.70. The Morgan fingerprint density at radius 1 is 1.12 bits per heavy atom. The van der Waals surface area contributed by atoms with Crippen LogP contribution in [0.2, 0.25) is 0 Å². The van der Waals surface area contributed by atoms with Gasteiger partial charge in [-0.05, 0) is 24.6 Å². The van der Waals surface area contributed by atoms with Crippen LogP contribution in [0.4, 0.5) is 10.1 Å². The Hall–Kier alpha value is -2.41. The van der Waals surface area contributed by atoms with Crippen molar-refractivity contribution >= 4 is 21.6 Å². The molecule has 1 N–H and O–H groups in total. The summed E-state index contributed by atoms with van der Waals surface area (Å²) in [4.78, 5) is 12.1. The maximum atomic E-state index is 13.9. The predicted molar refractivity (Wildman–Crippen MR) is 96.2 cm³/mol. The van der Waals surface area contributed by atoms with Crippen LogP contribution in [0.25, 0.3) is 0 Å². The number of hydrogen-bond acceptors (Lipinski definition) is 3. The van der Waals surface area contributed by atoms with Gasteiger partial charge in [0.1, 0.15) is 5.82 Å². The van der Waals surface area contributed by atoms with E-state index in [1.165, 1.54) is 18.2 Å². The third-order valence-corrected chi connectivity index (χ3v) is 4.92. The number of nitrogens with one attached hydrogen (secondary N) is 1. The number of benzene rings is 2. The van der Waals surface area contributed by atoms with E-state index in [4.69, 9.17) is 0 Å². The van der Waals surface area contributed by atoms with Gasteiger partial charge in [0.15, 0.2) is 0 Å². The Bertz CT molecular complexity index is 825. The van der Waals surface area contributed by atoms with E-state index in [1.54, 1.807) is 6.07 Å². The van der Waals surface area contributed by atoms with Crippen molar-refractivity contribution < 1.29 is 17.6 Å². The van der Waals surface area contributed by atoms with Crippen LogP contribution >= 0.6 is 0 Å². The zero-order chi connectivity index (χ0) is 18.4. The fourth-order valence-corrected chi connectivity index (χ4v) is 3.39. The summed E-state index contributed by atoms with van der Waals surface area (Å²) < 4.78 is 38.8. The van der Waals surface area contributed by atoms with Gasteiger partial charge >= 0.3 is 0 Å². The van der Waals surface area contributed by atoms with Crippen LogP contribution in [-0.4, -0.2) is 27.1 Å². The summed E-state index contributed by atoms with van der Waals surface area (Å²) in [6.07, 6.45) is 0.919. The molecule has 0 aliphatic heterocycles. The lowest BCUT2D eigenvalue weighted by Gasteiger charge is -2.23. The normalized spacial score (nSPS) is 12.4. The summed E-state index contributed by atoms with van der Waals surface area (Å²) >= 11 is 0. The summed E-state index contributed by atoms with van der Waals surface area (Å²) in [7, 11) is -3.70. The molecule has 0 aliphatic carbocycles. The second-order valence-corrected chi connectivity index (χ2v) is 7.64. The average Bonchev–Trinajstić information content (AvgIpc) is 2.56. The van der Waals surface area contributed by atoms with Crippen molar-refractivity contribution in [1.82, 2.24) is 5.32 Å². The zero-order valence-electron chi connectivity index (χ0n) is 14.1. The molecule has 0 saturated heterocycles. The van der Waals surface area contributed by atoms with Gasteiger partial charge in [-0.15, -0.1) is 0 Å². The Kier molecular flexibility index (Phi) is 6.14. The largest absolute Gasteiger partial charge is 0.350 e. The maximum absolute atomic E-state index is 13.9. The quantitative estimate of drug-likeness (QED) is 0.821. The molecule has 1 atom stereocenters. The molecule has 1 amide bonds. The van der Waals surface area contributed by atoms with Crippen molar-refractivity contribution in [3.8, 4) is 0 Å². The van der Waals surface area contributed by atoms with Gasteiger partial charge in [-0.1, -0.05) is 42.5 Å². The van der Waals surface area contributed by atoms with Crippen molar-refractivity contribution in [1.29, 1.82) is 0 Å². The van der Waals surface area contributed by atoms with Gasteiger partial charge in [-0.2, -0.15) is 0 Å². The first kappa shape index (κ1) is 18.9. The summed E-state index contributed by atoms with van der Waals surface area (Å²) in [5, 5.41) is 2.81. The zero-order valence-corrected chi connectivity index (χ0v) is 15.0. The Labute approximate surface area is 147 Å². The molecule has 0 spiro atoms. The Morgan fingerprint density at radius 3 is 2.32 bits per heavy atom. The molecular formula is C18H21FN2O3S. The van der Waals surface area contributed by atoms with Crippen LogP contribution in [0, 0.1) is 5.82 Å². The van der Waals surface area contributed by atoms with Crippen LogP contribution in [0.15, 0.2) is 54.6 Å². The molecule has 2 rings (SSSR count). The number of para-hydroxylation sites is 1. The minimum absolute atomic E-state index is 0.0612. The number of halogens is 1. The van der Waals surface area contributed by atoms with E-state index in [1.807, 2.05) is 37.3 Å². The highest BCUT2D eigenvalue weighted by molar-refractivity contribution is 7.92. The van der Waals surface area contributed by atoms with E-state index >= 15 is 0 Å². The third kappa shape index (κ3) is 5.29. The predicted octanol–water partition coefficient (Wildman–Crippen LogP) is 2.86. The number of anilines is 1. The summed E-state index contributed by atoms with van der Waals surface area (Å²) in [5.74, 6) is -0.952. The number of amides is 1. The number of rotatable bonds is 7. The van der Waals surface area contributed by atoms with Gasteiger partial charge in [0.25, 0.3) is 0 Å². The fraction of sp³-hybridized carbons (Fsp3) is 0.278. The van der Waals surface area contributed by atoms with Crippen molar-refractivity contribution in [2.24, 2.45) is 0 Å². The maximum Gasteiger partial charge on any atom is 0.232 e. The first-order valence-electron chi connectivity index (χ1n) is 7.85. The Balaban J connectivity index is 2.04. The lowest BCUT2D eigenvalue weighted by atomic mass is 10.1. The van der Waals surface area contributed by atoms with Gasteiger partial charge in [0.2, 0.25) is 15.9 Å². The standard InChI is InChI=1S/C18H21FN2O3S/c1-14(15-8-4-3-5-9-15)20-18(22)12-13-21(25(2,23)24)17-11-7-6-10-16(17)19/h3-11,14H,12-13H2,1-2H3,(H,20,22). The molecule has 25 heavy (non-hydrogen) atoms. The lowest BCUT2D eigenvalue weighted by Crippen LogP contribution is -2.35. The number of hydrogen-bond donors (Lipinski definition) is 1. The smallest absolute Gasteiger partial charge is 0.232 e. The van der Waals surface area contributed by atoms with E-state index in [0.717, 1.165) is 16.1 Å². The molecule has 0 heterocycles. The van der Waals surface area contributed by atoms with Crippen molar-refractivity contribution in [2.75, 3.05) is 17.1 Å². The van der Waals surface area contributed by atoms with Crippen molar-refractivity contribution in [3.05, 3.63) is 66.0 Å². The highest BCUT2D eigenvalue weighted by Gasteiger charge is 2.21. The summed E-state index contributed by atoms with van der Waals surface area (Å²) in [6, 6.07) is 14.8. The van der Waals surface area contributed by atoms with E-state index in [9.17, 15) is 17.6 Å². The Morgan fingerprint density at radius 2 is 1.72 bits per heavy atom. The fourth-order valence-electron chi connectivity index (χ4n) is 2.46. The minimum atomic E-state index is -3.70. The molecule has 0 aromatic heterocycles. The molecule has 1 unspecified atom stereocenters. The molecule has 2 aromatic carbocycles. The molecule has 0 aliphatic rings. The summed E-state index contributed by atoms with van der Waals surface area (Å²) in [5.41, 5.74) is 0.888. The SMILES string of the molecule is CC(NC(=O)CCN(c1ccccc1F)S(C)(=O)=O)c1ccccc1. The monoisotopic (exact) mass is 364 g/mol. The van der Waals surface area contributed by atoms with Crippen LogP contribution in [0.5, 0.6) is 0 Å².